The Labute approximate surface area is 196 Å². The van der Waals surface area contributed by atoms with E-state index in [2.05, 4.69) is 0 Å². The molecule has 0 saturated heterocycles. The minimum atomic E-state index is -6.62. The minimum absolute atomic E-state index is 0.0756. The molecule has 0 amide bonds. The van der Waals surface area contributed by atoms with E-state index in [-0.39, 0.29) is 24.3 Å². The van der Waals surface area contributed by atoms with Crippen molar-refractivity contribution in [3.63, 3.8) is 0 Å². The molecule has 2 rings (SSSR count). The molecule has 6 nitrogen and oxygen atoms in total. The number of alkyl halides is 12. The van der Waals surface area contributed by atoms with Crippen LogP contribution in [-0.2, 0) is 21.0 Å². The Morgan fingerprint density at radius 2 is 0.757 bits per heavy atom. The van der Waals surface area contributed by atoms with E-state index in [1.54, 1.807) is 0 Å². The molecule has 4 N–H and O–H groups in total. The van der Waals surface area contributed by atoms with Crippen molar-refractivity contribution in [3.8, 4) is 11.5 Å². The van der Waals surface area contributed by atoms with E-state index in [1.165, 1.54) is 0 Å². The number of aromatic hydroxyl groups is 2. The van der Waals surface area contributed by atoms with E-state index in [4.69, 9.17) is 0 Å². The van der Waals surface area contributed by atoms with Crippen LogP contribution in [0.4, 0.5) is 52.7 Å². The molecule has 0 bridgehead atoms. The Bertz CT molecular complexity index is 1170. The van der Waals surface area contributed by atoms with Gasteiger partial charge in [-0.15, -0.1) is 0 Å². The zero-order chi connectivity index (χ0) is 29.2. The summed E-state index contributed by atoms with van der Waals surface area (Å²) in [6.07, 6.45) is -26.5. The van der Waals surface area contributed by atoms with Crippen LogP contribution in [0.2, 0.25) is 0 Å². The highest BCUT2D eigenvalue weighted by molar-refractivity contribution is 7.91. The van der Waals surface area contributed by atoms with Crippen molar-refractivity contribution in [2.75, 3.05) is 0 Å². The van der Waals surface area contributed by atoms with E-state index >= 15 is 0 Å². The highest BCUT2D eigenvalue weighted by atomic mass is 32.2. The summed E-state index contributed by atoms with van der Waals surface area (Å²) in [5.41, 5.74) is -16.7. The molecule has 0 aliphatic rings. The highest BCUT2D eigenvalue weighted by Crippen LogP contribution is 2.54. The Morgan fingerprint density at radius 3 is 0.973 bits per heavy atom. The summed E-state index contributed by atoms with van der Waals surface area (Å²) >= 11 is 0. The van der Waals surface area contributed by atoms with Crippen LogP contribution < -0.4 is 0 Å². The summed E-state index contributed by atoms with van der Waals surface area (Å²) in [5.74, 6) is -3.88. The summed E-state index contributed by atoms with van der Waals surface area (Å²) in [4.78, 5) is -3.35. The van der Waals surface area contributed by atoms with Crippen LogP contribution in [0.25, 0.3) is 0 Å². The van der Waals surface area contributed by atoms with Crippen molar-refractivity contribution in [2.24, 2.45) is 0 Å². The topological polar surface area (TPSA) is 115 Å². The fraction of sp³-hybridized carbons (Fsp3) is 0.333. The largest absolute Gasteiger partial charge is 0.508 e. The third-order valence-corrected chi connectivity index (χ3v) is 6.73. The van der Waals surface area contributed by atoms with Crippen LogP contribution >= 0.6 is 0 Å². The SMILES string of the molecule is O=S(=O)(c1ccc(O)c(C(O)(C(F)(F)F)C(F)(F)F)c1)c1ccc(O)c(C(O)(C(F)(F)F)C(F)(F)F)c1. The third kappa shape index (κ3) is 4.63. The first kappa shape index (κ1) is 30.3. The van der Waals surface area contributed by atoms with Crippen molar-refractivity contribution >= 4 is 9.84 Å². The lowest BCUT2D eigenvalue weighted by Gasteiger charge is -2.33. The monoisotopic (exact) mass is 582 g/mol. The molecule has 0 aromatic heterocycles. The lowest BCUT2D eigenvalue weighted by Crippen LogP contribution is -2.54. The summed E-state index contributed by atoms with van der Waals surface area (Å²) in [7, 11) is -5.63. The Kier molecular flexibility index (Phi) is 7.00. The Hall–Kier alpha value is -2.93. The van der Waals surface area contributed by atoms with Gasteiger partial charge in [-0.25, -0.2) is 8.42 Å². The van der Waals surface area contributed by atoms with Gasteiger partial charge >= 0.3 is 24.7 Å². The number of benzene rings is 2. The van der Waals surface area contributed by atoms with Crippen LogP contribution in [0.3, 0.4) is 0 Å². The number of phenolic OH excluding ortho intramolecular Hbond substituents is 2. The second-order valence-electron chi connectivity index (χ2n) is 7.27. The van der Waals surface area contributed by atoms with Crippen LogP contribution in [0, 0.1) is 0 Å². The van der Waals surface area contributed by atoms with Gasteiger partial charge in [0.25, 0.3) is 11.2 Å². The molecule has 0 aliphatic heterocycles. The number of phenols is 2. The van der Waals surface area contributed by atoms with Crippen molar-refractivity contribution in [1.29, 1.82) is 0 Å². The molecule has 0 saturated carbocycles. The quantitative estimate of drug-likeness (QED) is 0.394. The number of hydrogen-bond donors (Lipinski definition) is 4. The maximum atomic E-state index is 13.2. The second kappa shape index (κ2) is 8.55. The predicted octanol–water partition coefficient (Wildman–Crippen LogP) is 4.56. The summed E-state index contributed by atoms with van der Waals surface area (Å²) < 4.78 is 184. The molecule has 19 heteroatoms. The second-order valence-corrected chi connectivity index (χ2v) is 9.22. The molecule has 208 valence electrons. The van der Waals surface area contributed by atoms with Crippen LogP contribution in [0.1, 0.15) is 11.1 Å². The molecular weight excluding hydrogens is 572 g/mol. The van der Waals surface area contributed by atoms with Gasteiger partial charge < -0.3 is 20.4 Å². The molecule has 2 aromatic rings. The zero-order valence-corrected chi connectivity index (χ0v) is 17.8. The first-order valence-corrected chi connectivity index (χ1v) is 10.4. The van der Waals surface area contributed by atoms with Gasteiger partial charge in [0.05, 0.1) is 9.79 Å². The van der Waals surface area contributed by atoms with E-state index in [0.717, 1.165) is 0 Å². The molecule has 0 fully saturated rings. The van der Waals surface area contributed by atoms with Crippen molar-refractivity contribution in [3.05, 3.63) is 47.5 Å². The first-order chi connectivity index (χ1) is 16.2. The lowest BCUT2D eigenvalue weighted by molar-refractivity contribution is -0.377. The van der Waals surface area contributed by atoms with Gasteiger partial charge in [-0.1, -0.05) is 0 Å². The summed E-state index contributed by atoms with van der Waals surface area (Å²) in [6.45, 7) is 0. The van der Waals surface area contributed by atoms with Crippen LogP contribution in [0.5, 0.6) is 11.5 Å². The molecule has 2 aromatic carbocycles. The fourth-order valence-electron chi connectivity index (χ4n) is 3.01. The average Bonchev–Trinajstić information content (AvgIpc) is 2.69. The fourth-order valence-corrected chi connectivity index (χ4v) is 4.33. The number of hydrogen-bond acceptors (Lipinski definition) is 6. The van der Waals surface area contributed by atoms with Gasteiger partial charge in [0.2, 0.25) is 9.84 Å². The smallest absolute Gasteiger partial charge is 0.430 e. The number of halogens is 12. The molecule has 0 radical (unpaired) electrons. The van der Waals surface area contributed by atoms with E-state index in [1.807, 2.05) is 0 Å². The van der Waals surface area contributed by atoms with Gasteiger partial charge in [-0.05, 0) is 36.4 Å². The highest BCUT2D eigenvalue weighted by Gasteiger charge is 2.73. The Morgan fingerprint density at radius 1 is 0.514 bits per heavy atom. The van der Waals surface area contributed by atoms with E-state index < -0.39 is 90.3 Å². The number of rotatable bonds is 4. The van der Waals surface area contributed by atoms with Crippen molar-refractivity contribution < 1.29 is 81.5 Å². The van der Waals surface area contributed by atoms with Crippen LogP contribution in [-0.4, -0.2) is 53.5 Å². The third-order valence-electron chi connectivity index (χ3n) is 4.98. The van der Waals surface area contributed by atoms with E-state index in [9.17, 15) is 81.5 Å². The first-order valence-electron chi connectivity index (χ1n) is 8.88. The standard InChI is InChI=1S/C18H10F12O6S/c19-15(20,21)13(33,16(22,23)24)9-5-7(1-3-11(9)31)37(35,36)8-2-4-12(32)10(6-8)14(34,17(25,26)27)18(28,29)30/h1-6,31-34H. The molecular formula is C18H10F12O6S. The van der Waals surface area contributed by atoms with Crippen LogP contribution in [0.15, 0.2) is 46.2 Å². The Balaban J connectivity index is 2.88. The lowest BCUT2D eigenvalue weighted by atomic mass is 9.91. The van der Waals surface area contributed by atoms with Crippen molar-refractivity contribution in [2.45, 2.75) is 45.7 Å². The minimum Gasteiger partial charge on any atom is -0.508 e. The zero-order valence-electron chi connectivity index (χ0n) is 17.0. The molecule has 37 heavy (non-hydrogen) atoms. The molecule has 0 atom stereocenters. The predicted molar refractivity (Wildman–Crippen MR) is 93.7 cm³/mol. The van der Waals surface area contributed by atoms with Gasteiger partial charge in [0.15, 0.2) is 0 Å². The van der Waals surface area contributed by atoms with E-state index in [0.29, 0.717) is 0 Å². The van der Waals surface area contributed by atoms with Crippen molar-refractivity contribution in [1.82, 2.24) is 0 Å². The normalized spacial score (nSPS) is 14.6. The van der Waals surface area contributed by atoms with Gasteiger partial charge in [-0.3, -0.25) is 0 Å². The van der Waals surface area contributed by atoms with Gasteiger partial charge in [-0.2, -0.15) is 52.7 Å². The molecule has 0 unspecified atom stereocenters. The molecule has 0 aliphatic carbocycles. The molecule has 0 spiro atoms. The molecule has 0 heterocycles. The summed E-state index contributed by atoms with van der Waals surface area (Å²) in [5, 5.41) is 37.9. The van der Waals surface area contributed by atoms with Gasteiger partial charge in [0, 0.05) is 11.1 Å². The maximum absolute atomic E-state index is 13.2. The number of aliphatic hydroxyl groups is 2. The maximum Gasteiger partial charge on any atom is 0.430 e. The average molecular weight is 582 g/mol. The van der Waals surface area contributed by atoms with Gasteiger partial charge in [0.1, 0.15) is 11.5 Å². The number of sulfone groups is 1. The summed E-state index contributed by atoms with van der Waals surface area (Å²) in [6, 6.07) is -1.03.